The molecule has 0 unspecified atom stereocenters. The molecule has 1 saturated heterocycles. The number of likely N-dealkylation sites (N-methyl/N-ethyl adjacent to an activating group) is 1. The normalized spacial score (nSPS) is 23.2. The summed E-state index contributed by atoms with van der Waals surface area (Å²) in [6.45, 7) is 8.77. The molecule has 1 fully saturated rings. The van der Waals surface area contributed by atoms with E-state index < -0.39 is 0 Å². The van der Waals surface area contributed by atoms with Gasteiger partial charge in [0.2, 0.25) is 0 Å². The summed E-state index contributed by atoms with van der Waals surface area (Å²) in [5.74, 6) is 0. The molecule has 0 aromatic heterocycles. The van der Waals surface area contributed by atoms with E-state index >= 15 is 0 Å². The summed E-state index contributed by atoms with van der Waals surface area (Å²) in [6.07, 6.45) is 1.30. The lowest BCUT2D eigenvalue weighted by atomic mass is 10.3. The summed E-state index contributed by atoms with van der Waals surface area (Å²) >= 11 is 0. The van der Waals surface area contributed by atoms with Crippen molar-refractivity contribution in [3.8, 4) is 0 Å². The van der Waals surface area contributed by atoms with Gasteiger partial charge in [-0.25, -0.2) is 0 Å². The van der Waals surface area contributed by atoms with Crippen LogP contribution in [-0.4, -0.2) is 56.2 Å². The van der Waals surface area contributed by atoms with Gasteiger partial charge in [0.1, 0.15) is 0 Å². The molecule has 0 N–H and O–H groups in total. The number of quaternary nitrogens is 1. The van der Waals surface area contributed by atoms with Crippen LogP contribution in [0, 0.1) is 0 Å². The van der Waals surface area contributed by atoms with Gasteiger partial charge in [-0.3, -0.25) is 4.90 Å². The molecule has 1 heterocycles. The Balaban J connectivity index is 0.00000121. The first kappa shape index (κ1) is 12.4. The fourth-order valence-corrected chi connectivity index (χ4v) is 1.59. The molecule has 12 heavy (non-hydrogen) atoms. The number of hydrogen-bond acceptors (Lipinski definition) is 1. The van der Waals surface area contributed by atoms with Gasteiger partial charge in [-0.2, -0.15) is 0 Å². The monoisotopic (exact) mass is 236 g/mol. The molecule has 0 spiro atoms. The van der Waals surface area contributed by atoms with Crippen LogP contribution in [0.3, 0.4) is 0 Å². The first-order valence-corrected chi connectivity index (χ1v) is 4.68. The number of piperazine rings is 1. The van der Waals surface area contributed by atoms with Gasteiger partial charge < -0.3 is 21.5 Å². The van der Waals surface area contributed by atoms with E-state index in [1.807, 2.05) is 0 Å². The maximum Gasteiger partial charge on any atom is 0.0912 e. The van der Waals surface area contributed by atoms with E-state index in [0.29, 0.717) is 0 Å². The van der Waals surface area contributed by atoms with Crippen LogP contribution in [0.1, 0.15) is 13.3 Å². The molecule has 1 rings (SSSR count). The predicted octanol–water partition coefficient (Wildman–Crippen LogP) is -2.21. The standard InChI is InChI=1S/C9H21N2.BrH/c1-4-5-10-6-8-11(2,3)9-7-10;/h4-9H2,1-3H3;1H/q+1;/p-1. The van der Waals surface area contributed by atoms with Crippen molar-refractivity contribution in [1.29, 1.82) is 0 Å². The van der Waals surface area contributed by atoms with Gasteiger partial charge in [-0.05, 0) is 13.0 Å². The lowest BCUT2D eigenvalue weighted by Gasteiger charge is -2.38. The van der Waals surface area contributed by atoms with Crippen LogP contribution < -0.4 is 17.0 Å². The maximum absolute atomic E-state index is 2.57. The zero-order valence-electron chi connectivity index (χ0n) is 8.52. The summed E-state index contributed by atoms with van der Waals surface area (Å²) < 4.78 is 1.21. The van der Waals surface area contributed by atoms with E-state index in [-0.39, 0.29) is 17.0 Å². The van der Waals surface area contributed by atoms with Crippen LogP contribution in [-0.2, 0) is 0 Å². The Labute approximate surface area is 86.9 Å². The molecule has 0 amide bonds. The summed E-state index contributed by atoms with van der Waals surface area (Å²) in [4.78, 5) is 2.57. The van der Waals surface area contributed by atoms with Crippen LogP contribution in [0.4, 0.5) is 0 Å². The Morgan fingerprint density at radius 3 is 2.08 bits per heavy atom. The molecule has 2 nitrogen and oxygen atoms in total. The molecule has 0 saturated carbocycles. The molecule has 0 bridgehead atoms. The molecule has 0 atom stereocenters. The van der Waals surface area contributed by atoms with Crippen molar-refractivity contribution in [3.05, 3.63) is 0 Å². The van der Waals surface area contributed by atoms with E-state index in [1.54, 1.807) is 0 Å². The highest BCUT2D eigenvalue weighted by molar-refractivity contribution is 4.60. The molecular formula is C9H21BrN2. The van der Waals surface area contributed by atoms with Gasteiger partial charge in [0.05, 0.1) is 27.2 Å². The fraction of sp³-hybridized carbons (Fsp3) is 1.00. The van der Waals surface area contributed by atoms with Gasteiger partial charge in [0, 0.05) is 13.1 Å². The van der Waals surface area contributed by atoms with Crippen LogP contribution in [0.2, 0.25) is 0 Å². The molecular weight excluding hydrogens is 216 g/mol. The Kier molecular flexibility index (Phi) is 5.37. The van der Waals surface area contributed by atoms with Crippen LogP contribution in [0.15, 0.2) is 0 Å². The van der Waals surface area contributed by atoms with E-state index in [2.05, 4.69) is 25.9 Å². The average molecular weight is 237 g/mol. The van der Waals surface area contributed by atoms with E-state index in [4.69, 9.17) is 0 Å². The molecule has 74 valence electrons. The summed E-state index contributed by atoms with van der Waals surface area (Å²) in [5, 5.41) is 0. The van der Waals surface area contributed by atoms with Crippen molar-refractivity contribution in [2.75, 3.05) is 46.8 Å². The topological polar surface area (TPSA) is 3.24 Å². The SMILES string of the molecule is CCCN1CC[N+](C)(C)CC1.[Br-]. The van der Waals surface area contributed by atoms with Gasteiger partial charge in [-0.1, -0.05) is 6.92 Å². The second-order valence-corrected chi connectivity index (χ2v) is 4.22. The second-order valence-electron chi connectivity index (χ2n) is 4.22. The molecule has 1 aliphatic rings. The van der Waals surface area contributed by atoms with Crippen molar-refractivity contribution in [1.82, 2.24) is 4.90 Å². The zero-order chi connectivity index (χ0) is 8.32. The first-order chi connectivity index (χ1) is 5.14. The minimum Gasteiger partial charge on any atom is -1.00 e. The fourth-order valence-electron chi connectivity index (χ4n) is 1.59. The van der Waals surface area contributed by atoms with Crippen LogP contribution in [0.5, 0.6) is 0 Å². The zero-order valence-corrected chi connectivity index (χ0v) is 10.1. The van der Waals surface area contributed by atoms with Crippen molar-refractivity contribution in [3.63, 3.8) is 0 Å². The largest absolute Gasteiger partial charge is 1.00 e. The van der Waals surface area contributed by atoms with Gasteiger partial charge in [0.15, 0.2) is 0 Å². The highest BCUT2D eigenvalue weighted by Crippen LogP contribution is 2.06. The molecule has 0 radical (unpaired) electrons. The summed E-state index contributed by atoms with van der Waals surface area (Å²) in [6, 6.07) is 0. The number of halogens is 1. The molecule has 0 aliphatic carbocycles. The maximum atomic E-state index is 2.57. The third-order valence-corrected chi connectivity index (χ3v) is 2.58. The highest BCUT2D eigenvalue weighted by atomic mass is 79.9. The Morgan fingerprint density at radius 1 is 1.17 bits per heavy atom. The number of nitrogens with zero attached hydrogens (tertiary/aromatic N) is 2. The molecule has 1 aliphatic heterocycles. The quantitative estimate of drug-likeness (QED) is 0.492. The number of rotatable bonds is 2. The highest BCUT2D eigenvalue weighted by Gasteiger charge is 2.22. The lowest BCUT2D eigenvalue weighted by Crippen LogP contribution is -3.00. The van der Waals surface area contributed by atoms with Crippen molar-refractivity contribution < 1.29 is 21.5 Å². The van der Waals surface area contributed by atoms with E-state index in [9.17, 15) is 0 Å². The summed E-state index contributed by atoms with van der Waals surface area (Å²) in [5.41, 5.74) is 0. The molecule has 0 aromatic rings. The number of hydrogen-bond donors (Lipinski definition) is 0. The predicted molar refractivity (Wildman–Crippen MR) is 48.6 cm³/mol. The first-order valence-electron chi connectivity index (χ1n) is 4.68. The third-order valence-electron chi connectivity index (χ3n) is 2.58. The van der Waals surface area contributed by atoms with Gasteiger partial charge in [0.25, 0.3) is 0 Å². The second kappa shape index (κ2) is 5.20. The summed E-state index contributed by atoms with van der Waals surface area (Å²) in [7, 11) is 4.65. The Morgan fingerprint density at radius 2 is 1.67 bits per heavy atom. The van der Waals surface area contributed by atoms with Crippen molar-refractivity contribution in [2.45, 2.75) is 13.3 Å². The van der Waals surface area contributed by atoms with Gasteiger partial charge in [-0.15, -0.1) is 0 Å². The van der Waals surface area contributed by atoms with E-state index in [0.717, 1.165) is 0 Å². The lowest BCUT2D eigenvalue weighted by molar-refractivity contribution is -0.894. The molecule has 0 aromatic carbocycles. The van der Waals surface area contributed by atoms with E-state index in [1.165, 1.54) is 43.6 Å². The van der Waals surface area contributed by atoms with Crippen molar-refractivity contribution >= 4 is 0 Å². The average Bonchev–Trinajstić information content (AvgIpc) is 1.94. The van der Waals surface area contributed by atoms with Crippen LogP contribution >= 0.6 is 0 Å². The minimum atomic E-state index is 0. The smallest absolute Gasteiger partial charge is 0.0912 e. The minimum absolute atomic E-state index is 0. The third kappa shape index (κ3) is 3.87. The Bertz CT molecular complexity index is 116. The van der Waals surface area contributed by atoms with Crippen LogP contribution in [0.25, 0.3) is 0 Å². The molecule has 3 heteroatoms. The van der Waals surface area contributed by atoms with Gasteiger partial charge >= 0.3 is 0 Å². The van der Waals surface area contributed by atoms with Crippen molar-refractivity contribution in [2.24, 2.45) is 0 Å². The Hall–Kier alpha value is 0.400.